The molecule has 1 heteroatoms. The second-order valence-corrected chi connectivity index (χ2v) is 11.0. The Balaban J connectivity index is 1.65. The van der Waals surface area contributed by atoms with Gasteiger partial charge in [-0.15, -0.1) is 0 Å². The molecule has 26 heavy (non-hydrogen) atoms. The molecular formula is C25H46S. The molecule has 3 rings (SSSR count). The maximum atomic E-state index is 4.57. The van der Waals surface area contributed by atoms with E-state index in [1.807, 2.05) is 0 Å². The van der Waals surface area contributed by atoms with Crippen LogP contribution in [0.1, 0.15) is 110 Å². The van der Waals surface area contributed by atoms with E-state index < -0.39 is 0 Å². The molecule has 0 aliphatic heterocycles. The molecule has 0 aromatic carbocycles. The average Bonchev–Trinajstić information content (AvgIpc) is 2.99. The Labute approximate surface area is 170 Å². The van der Waals surface area contributed by atoms with Crippen LogP contribution in [0.25, 0.3) is 0 Å². The average molecular weight is 379 g/mol. The lowest BCUT2D eigenvalue weighted by Crippen LogP contribution is -2.19. The van der Waals surface area contributed by atoms with E-state index in [0.29, 0.717) is 0 Å². The first kappa shape index (κ1) is 21.1. The summed E-state index contributed by atoms with van der Waals surface area (Å²) in [6.45, 7) is 4.93. The highest BCUT2D eigenvalue weighted by Gasteiger charge is 2.35. The van der Waals surface area contributed by atoms with E-state index in [-0.39, 0.29) is 0 Å². The fourth-order valence-corrected chi connectivity index (χ4v) is 7.58. The molecule has 0 amide bonds. The standard InChI is InChI=1S/C25H46S/c1-3-6-20-16-23(22-7-4-5-8-22)11-12-25(17-20)24-10-9-19(2)15-21(18-24)13-14-26/h19-26H,3-18H2,1-2H3. The summed E-state index contributed by atoms with van der Waals surface area (Å²) in [5.74, 6) is 8.31. The Morgan fingerprint density at radius 3 is 1.77 bits per heavy atom. The fourth-order valence-electron chi connectivity index (χ4n) is 7.22. The number of hydrogen-bond acceptors (Lipinski definition) is 1. The first-order valence-electron chi connectivity index (χ1n) is 12.3. The van der Waals surface area contributed by atoms with Crippen molar-refractivity contribution in [3.8, 4) is 0 Å². The van der Waals surface area contributed by atoms with E-state index in [0.717, 1.165) is 47.2 Å². The van der Waals surface area contributed by atoms with Gasteiger partial charge in [0.25, 0.3) is 0 Å². The van der Waals surface area contributed by atoms with Crippen molar-refractivity contribution in [1.82, 2.24) is 0 Å². The zero-order valence-corrected chi connectivity index (χ0v) is 18.7. The minimum atomic E-state index is 0.952. The quantitative estimate of drug-likeness (QED) is 0.350. The van der Waals surface area contributed by atoms with Gasteiger partial charge in [0.2, 0.25) is 0 Å². The van der Waals surface area contributed by atoms with Gasteiger partial charge in [-0.3, -0.25) is 0 Å². The lowest BCUT2D eigenvalue weighted by Gasteiger charge is -2.29. The molecule has 0 saturated heterocycles. The molecule has 152 valence electrons. The molecule has 6 unspecified atom stereocenters. The van der Waals surface area contributed by atoms with Crippen LogP contribution in [0.15, 0.2) is 0 Å². The Morgan fingerprint density at radius 2 is 1.19 bits per heavy atom. The van der Waals surface area contributed by atoms with Crippen LogP contribution in [0.5, 0.6) is 0 Å². The third kappa shape index (κ3) is 5.92. The lowest BCUT2D eigenvalue weighted by atomic mass is 9.76. The van der Waals surface area contributed by atoms with Gasteiger partial charge in [-0.1, -0.05) is 58.8 Å². The van der Waals surface area contributed by atoms with Crippen LogP contribution in [-0.2, 0) is 0 Å². The Bertz CT molecular complexity index is 386. The van der Waals surface area contributed by atoms with Crippen molar-refractivity contribution in [1.29, 1.82) is 0 Å². The van der Waals surface area contributed by atoms with Gasteiger partial charge in [-0.2, -0.15) is 12.6 Å². The van der Waals surface area contributed by atoms with E-state index in [9.17, 15) is 0 Å². The highest BCUT2D eigenvalue weighted by molar-refractivity contribution is 7.80. The van der Waals surface area contributed by atoms with Gasteiger partial charge in [0, 0.05) is 0 Å². The van der Waals surface area contributed by atoms with Crippen molar-refractivity contribution in [2.24, 2.45) is 41.4 Å². The van der Waals surface area contributed by atoms with Gasteiger partial charge in [0.1, 0.15) is 0 Å². The van der Waals surface area contributed by atoms with Gasteiger partial charge < -0.3 is 0 Å². The summed E-state index contributed by atoms with van der Waals surface area (Å²) >= 11 is 4.57. The van der Waals surface area contributed by atoms with E-state index in [4.69, 9.17) is 0 Å². The van der Waals surface area contributed by atoms with Crippen LogP contribution >= 0.6 is 12.6 Å². The molecule has 0 aromatic heterocycles. The highest BCUT2D eigenvalue weighted by atomic mass is 32.1. The molecule has 0 spiro atoms. The molecule has 0 radical (unpaired) electrons. The molecule has 0 aromatic rings. The monoisotopic (exact) mass is 378 g/mol. The maximum absolute atomic E-state index is 4.57. The van der Waals surface area contributed by atoms with Crippen LogP contribution < -0.4 is 0 Å². The predicted octanol–water partition coefficient (Wildman–Crippen LogP) is 8.16. The number of hydrogen-bond donors (Lipinski definition) is 1. The largest absolute Gasteiger partial charge is 0.179 e. The number of rotatable bonds is 6. The van der Waals surface area contributed by atoms with E-state index in [2.05, 4.69) is 26.5 Å². The first-order chi connectivity index (χ1) is 12.7. The summed E-state index contributed by atoms with van der Waals surface area (Å²) in [5, 5.41) is 0. The summed E-state index contributed by atoms with van der Waals surface area (Å²) in [4.78, 5) is 0. The normalized spacial score (nSPS) is 40.3. The smallest absolute Gasteiger partial charge is 0.00953 e. The Kier molecular flexibility index (Phi) is 8.73. The van der Waals surface area contributed by atoms with Crippen LogP contribution in [0.3, 0.4) is 0 Å². The minimum absolute atomic E-state index is 0.952. The van der Waals surface area contributed by atoms with Crippen LogP contribution in [0, 0.1) is 41.4 Å². The van der Waals surface area contributed by atoms with Crippen molar-refractivity contribution in [3.63, 3.8) is 0 Å². The third-order valence-corrected chi connectivity index (χ3v) is 8.81. The molecule has 6 atom stereocenters. The highest BCUT2D eigenvalue weighted by Crippen LogP contribution is 2.47. The van der Waals surface area contributed by atoms with Crippen LogP contribution in [0.4, 0.5) is 0 Å². The lowest BCUT2D eigenvalue weighted by molar-refractivity contribution is 0.216. The molecule has 3 aliphatic carbocycles. The molecule has 3 aliphatic rings. The zero-order chi connectivity index (χ0) is 18.4. The maximum Gasteiger partial charge on any atom is -0.00953 e. The molecule has 0 nitrogen and oxygen atoms in total. The molecule has 0 heterocycles. The first-order valence-corrected chi connectivity index (χ1v) is 12.9. The molecule has 0 N–H and O–H groups in total. The molecule has 3 fully saturated rings. The second-order valence-electron chi connectivity index (χ2n) is 10.6. The number of thiol groups is 1. The van der Waals surface area contributed by atoms with Gasteiger partial charge >= 0.3 is 0 Å². The minimum Gasteiger partial charge on any atom is -0.179 e. The third-order valence-electron chi connectivity index (χ3n) is 8.55. The SMILES string of the molecule is CCCC1CC(C2CCCC2)CCC(C2CCC(C)CC(CCS)C2)C1. The summed E-state index contributed by atoms with van der Waals surface area (Å²) < 4.78 is 0. The van der Waals surface area contributed by atoms with Gasteiger partial charge in [-0.05, 0) is 98.5 Å². The van der Waals surface area contributed by atoms with Crippen LogP contribution in [0.2, 0.25) is 0 Å². The van der Waals surface area contributed by atoms with E-state index in [1.54, 1.807) is 38.5 Å². The summed E-state index contributed by atoms with van der Waals surface area (Å²) in [5.41, 5.74) is 0. The Hall–Kier alpha value is 0.350. The van der Waals surface area contributed by atoms with Crippen molar-refractivity contribution in [3.05, 3.63) is 0 Å². The van der Waals surface area contributed by atoms with Gasteiger partial charge in [-0.25, -0.2) is 0 Å². The van der Waals surface area contributed by atoms with E-state index >= 15 is 0 Å². The summed E-state index contributed by atoms with van der Waals surface area (Å²) in [6.07, 6.45) is 22.7. The fraction of sp³-hybridized carbons (Fsp3) is 1.00. The molecule has 0 bridgehead atoms. The van der Waals surface area contributed by atoms with Gasteiger partial charge in [0.05, 0.1) is 0 Å². The summed E-state index contributed by atoms with van der Waals surface area (Å²) in [6, 6.07) is 0. The molecular weight excluding hydrogens is 332 g/mol. The summed E-state index contributed by atoms with van der Waals surface area (Å²) in [7, 11) is 0. The topological polar surface area (TPSA) is 0 Å². The Morgan fingerprint density at radius 1 is 0.654 bits per heavy atom. The predicted molar refractivity (Wildman–Crippen MR) is 119 cm³/mol. The van der Waals surface area contributed by atoms with Crippen molar-refractivity contribution in [2.45, 2.75) is 110 Å². The van der Waals surface area contributed by atoms with Crippen molar-refractivity contribution in [2.75, 3.05) is 5.75 Å². The van der Waals surface area contributed by atoms with Crippen molar-refractivity contribution < 1.29 is 0 Å². The van der Waals surface area contributed by atoms with Crippen LogP contribution in [-0.4, -0.2) is 5.75 Å². The zero-order valence-electron chi connectivity index (χ0n) is 17.8. The van der Waals surface area contributed by atoms with E-state index in [1.165, 1.54) is 57.8 Å². The van der Waals surface area contributed by atoms with Gasteiger partial charge in [0.15, 0.2) is 0 Å². The second kappa shape index (κ2) is 10.8. The van der Waals surface area contributed by atoms with Crippen molar-refractivity contribution >= 4 is 12.6 Å². The molecule has 3 saturated carbocycles.